The van der Waals surface area contributed by atoms with Crippen molar-refractivity contribution in [1.82, 2.24) is 10.0 Å². The molecule has 6 nitrogen and oxygen atoms in total. The Balaban J connectivity index is 2.20. The molecule has 0 spiro atoms. The molecule has 2 N–H and O–H groups in total. The van der Waals surface area contributed by atoms with Crippen molar-refractivity contribution in [2.75, 3.05) is 20.2 Å². The molecule has 1 saturated heterocycles. The second-order valence-electron chi connectivity index (χ2n) is 5.11. The fraction of sp³-hybridized carbons (Fsp3) is 0.500. The maximum absolute atomic E-state index is 12.4. The molecule has 7 heteroatoms. The van der Waals surface area contributed by atoms with Gasteiger partial charge in [0, 0.05) is 6.04 Å². The first kappa shape index (κ1) is 15.9. The van der Waals surface area contributed by atoms with Crippen LogP contribution in [0.4, 0.5) is 0 Å². The Hall–Kier alpha value is -1.44. The standard InChI is InChI=1S/C14H20N2O4S/c1-10-9-12(3-4-13(10)14(17)20-2)21(18,19)16-11-5-7-15-8-6-11/h3-4,9,11,15-16H,5-8H2,1-2H3. The third kappa shape index (κ3) is 3.81. The lowest BCUT2D eigenvalue weighted by Crippen LogP contribution is -2.42. The maximum Gasteiger partial charge on any atom is 0.338 e. The van der Waals surface area contributed by atoms with Gasteiger partial charge in [-0.25, -0.2) is 17.9 Å². The molecule has 116 valence electrons. The van der Waals surface area contributed by atoms with Crippen molar-refractivity contribution < 1.29 is 17.9 Å². The fourth-order valence-electron chi connectivity index (χ4n) is 2.37. The van der Waals surface area contributed by atoms with Crippen LogP contribution in [-0.4, -0.2) is 40.6 Å². The van der Waals surface area contributed by atoms with E-state index in [0.29, 0.717) is 11.1 Å². The zero-order valence-corrected chi connectivity index (χ0v) is 13.0. The molecule has 1 aliphatic heterocycles. The molecule has 0 bridgehead atoms. The lowest BCUT2D eigenvalue weighted by Gasteiger charge is -2.23. The molecule has 1 aromatic rings. The van der Waals surface area contributed by atoms with Crippen molar-refractivity contribution in [3.63, 3.8) is 0 Å². The van der Waals surface area contributed by atoms with E-state index in [4.69, 9.17) is 0 Å². The van der Waals surface area contributed by atoms with Gasteiger partial charge >= 0.3 is 5.97 Å². The van der Waals surface area contributed by atoms with Crippen LogP contribution in [0.3, 0.4) is 0 Å². The van der Waals surface area contributed by atoms with Crippen LogP contribution in [0.25, 0.3) is 0 Å². The Bertz CT molecular complexity index is 622. The molecule has 2 rings (SSSR count). The summed E-state index contributed by atoms with van der Waals surface area (Å²) in [7, 11) is -2.26. The van der Waals surface area contributed by atoms with Gasteiger partial charge in [-0.3, -0.25) is 0 Å². The largest absolute Gasteiger partial charge is 0.465 e. The molecule has 0 atom stereocenters. The predicted octanol–water partition coefficient (Wildman–Crippen LogP) is 0.812. The lowest BCUT2D eigenvalue weighted by molar-refractivity contribution is 0.0600. The molecule has 0 saturated carbocycles. The highest BCUT2D eigenvalue weighted by atomic mass is 32.2. The first-order chi connectivity index (χ1) is 9.94. The van der Waals surface area contributed by atoms with E-state index in [0.717, 1.165) is 25.9 Å². The third-order valence-corrected chi connectivity index (χ3v) is 5.09. The first-order valence-electron chi connectivity index (χ1n) is 6.86. The summed E-state index contributed by atoms with van der Waals surface area (Å²) >= 11 is 0. The number of piperidine rings is 1. The number of carbonyl (C=O) groups excluding carboxylic acids is 1. The van der Waals surface area contributed by atoms with Gasteiger partial charge in [0.1, 0.15) is 0 Å². The molecule has 0 radical (unpaired) electrons. The Kier molecular flexibility index (Phi) is 4.97. The molecular formula is C14H20N2O4S. The van der Waals surface area contributed by atoms with E-state index in [1.54, 1.807) is 6.92 Å². The monoisotopic (exact) mass is 312 g/mol. The number of ether oxygens (including phenoxy) is 1. The Labute approximate surface area is 124 Å². The maximum atomic E-state index is 12.4. The smallest absolute Gasteiger partial charge is 0.338 e. The summed E-state index contributed by atoms with van der Waals surface area (Å²) in [4.78, 5) is 11.7. The number of rotatable bonds is 4. The van der Waals surface area contributed by atoms with Crippen LogP contribution in [-0.2, 0) is 14.8 Å². The number of aryl methyl sites for hydroxylation is 1. The number of hydrogen-bond donors (Lipinski definition) is 2. The summed E-state index contributed by atoms with van der Waals surface area (Å²) in [6, 6.07) is 4.37. The number of carbonyl (C=O) groups is 1. The normalized spacial score (nSPS) is 16.7. The van der Waals surface area contributed by atoms with E-state index in [2.05, 4.69) is 14.8 Å². The van der Waals surface area contributed by atoms with Gasteiger partial charge in [-0.1, -0.05) is 0 Å². The summed E-state index contributed by atoms with van der Waals surface area (Å²) < 4.78 is 32.1. The second-order valence-corrected chi connectivity index (χ2v) is 6.83. The van der Waals surface area contributed by atoms with E-state index < -0.39 is 16.0 Å². The van der Waals surface area contributed by atoms with Crippen molar-refractivity contribution >= 4 is 16.0 Å². The van der Waals surface area contributed by atoms with Gasteiger partial charge in [-0.2, -0.15) is 0 Å². The van der Waals surface area contributed by atoms with Gasteiger partial charge in [0.25, 0.3) is 0 Å². The van der Waals surface area contributed by atoms with Crippen LogP contribution in [0.15, 0.2) is 23.1 Å². The van der Waals surface area contributed by atoms with E-state index in [9.17, 15) is 13.2 Å². The highest BCUT2D eigenvalue weighted by Gasteiger charge is 2.22. The van der Waals surface area contributed by atoms with Crippen LogP contribution in [0.2, 0.25) is 0 Å². The van der Waals surface area contributed by atoms with E-state index in [1.165, 1.54) is 25.3 Å². The Morgan fingerprint density at radius 3 is 2.57 bits per heavy atom. The van der Waals surface area contributed by atoms with E-state index >= 15 is 0 Å². The van der Waals surface area contributed by atoms with Crippen LogP contribution in [0.1, 0.15) is 28.8 Å². The van der Waals surface area contributed by atoms with Crippen molar-refractivity contribution in [3.05, 3.63) is 29.3 Å². The number of nitrogens with one attached hydrogen (secondary N) is 2. The predicted molar refractivity (Wildman–Crippen MR) is 78.7 cm³/mol. The molecule has 21 heavy (non-hydrogen) atoms. The molecular weight excluding hydrogens is 292 g/mol. The number of sulfonamides is 1. The fourth-order valence-corrected chi connectivity index (χ4v) is 3.76. The van der Waals surface area contributed by atoms with Gasteiger partial charge < -0.3 is 10.1 Å². The van der Waals surface area contributed by atoms with Gasteiger partial charge in [0.2, 0.25) is 10.0 Å². The zero-order chi connectivity index (χ0) is 15.5. The van der Waals surface area contributed by atoms with Gasteiger partial charge in [-0.05, 0) is 56.6 Å². The SMILES string of the molecule is COC(=O)c1ccc(S(=O)(=O)NC2CCNCC2)cc1C. The minimum absolute atomic E-state index is 0.0446. The van der Waals surface area contributed by atoms with E-state index in [-0.39, 0.29) is 10.9 Å². The zero-order valence-electron chi connectivity index (χ0n) is 12.2. The van der Waals surface area contributed by atoms with E-state index in [1.807, 2.05) is 0 Å². The van der Waals surface area contributed by atoms with Crippen LogP contribution < -0.4 is 10.0 Å². The molecule has 0 amide bonds. The van der Waals surface area contributed by atoms with Gasteiger partial charge in [0.05, 0.1) is 17.6 Å². The number of methoxy groups -OCH3 is 1. The summed E-state index contributed by atoms with van der Waals surface area (Å²) in [6.07, 6.45) is 1.55. The Morgan fingerprint density at radius 2 is 2.00 bits per heavy atom. The average molecular weight is 312 g/mol. The van der Waals surface area contributed by atoms with Crippen molar-refractivity contribution in [2.24, 2.45) is 0 Å². The molecule has 0 unspecified atom stereocenters. The van der Waals surface area contributed by atoms with Crippen molar-refractivity contribution in [2.45, 2.75) is 30.7 Å². The molecule has 1 aromatic carbocycles. The molecule has 0 aliphatic carbocycles. The summed E-state index contributed by atoms with van der Waals surface area (Å²) in [5.41, 5.74) is 0.952. The summed E-state index contributed by atoms with van der Waals surface area (Å²) in [5, 5.41) is 3.19. The van der Waals surface area contributed by atoms with Crippen molar-refractivity contribution in [1.29, 1.82) is 0 Å². The molecule has 1 aliphatic rings. The Morgan fingerprint density at radius 1 is 1.33 bits per heavy atom. The number of benzene rings is 1. The summed E-state index contributed by atoms with van der Waals surface area (Å²) in [6.45, 7) is 3.32. The van der Waals surface area contributed by atoms with Crippen LogP contribution >= 0.6 is 0 Å². The minimum atomic E-state index is -3.56. The van der Waals surface area contributed by atoms with Crippen molar-refractivity contribution in [3.8, 4) is 0 Å². The molecule has 0 aromatic heterocycles. The summed E-state index contributed by atoms with van der Waals surface area (Å²) in [5.74, 6) is -0.470. The number of esters is 1. The van der Waals surface area contributed by atoms with Crippen LogP contribution in [0.5, 0.6) is 0 Å². The van der Waals surface area contributed by atoms with Gasteiger partial charge in [-0.15, -0.1) is 0 Å². The average Bonchev–Trinajstić information content (AvgIpc) is 2.47. The van der Waals surface area contributed by atoms with Crippen LogP contribution in [0, 0.1) is 6.92 Å². The quantitative estimate of drug-likeness (QED) is 0.804. The molecule has 1 fully saturated rings. The highest BCUT2D eigenvalue weighted by molar-refractivity contribution is 7.89. The minimum Gasteiger partial charge on any atom is -0.465 e. The molecule has 1 heterocycles. The first-order valence-corrected chi connectivity index (χ1v) is 8.34. The lowest BCUT2D eigenvalue weighted by atomic mass is 10.1. The topological polar surface area (TPSA) is 84.5 Å². The van der Waals surface area contributed by atoms with Gasteiger partial charge in [0.15, 0.2) is 0 Å². The second kappa shape index (κ2) is 6.55. The highest BCUT2D eigenvalue weighted by Crippen LogP contribution is 2.17. The third-order valence-electron chi connectivity index (χ3n) is 3.57. The number of hydrogen-bond acceptors (Lipinski definition) is 5.